The van der Waals surface area contributed by atoms with E-state index in [-0.39, 0.29) is 29.4 Å². The van der Waals surface area contributed by atoms with Gasteiger partial charge >= 0.3 is 0 Å². The summed E-state index contributed by atoms with van der Waals surface area (Å²) < 4.78 is 22.4. The molecule has 88 valence electrons. The van der Waals surface area contributed by atoms with Crippen LogP contribution >= 0.6 is 0 Å². The van der Waals surface area contributed by atoms with E-state index < -0.39 is 9.84 Å². The second-order valence-electron chi connectivity index (χ2n) is 4.12. The molecular formula is C10H19NO3S. The van der Waals surface area contributed by atoms with E-state index in [0.717, 1.165) is 12.8 Å². The summed E-state index contributed by atoms with van der Waals surface area (Å²) in [6.07, 6.45) is 2.18. The van der Waals surface area contributed by atoms with Crippen LogP contribution in [0.1, 0.15) is 33.1 Å². The van der Waals surface area contributed by atoms with Crippen molar-refractivity contribution < 1.29 is 13.2 Å². The van der Waals surface area contributed by atoms with E-state index in [1.807, 2.05) is 13.8 Å². The fourth-order valence-corrected chi connectivity index (χ4v) is 3.56. The molecule has 1 rings (SSSR count). The lowest BCUT2D eigenvalue weighted by Crippen LogP contribution is -2.39. The van der Waals surface area contributed by atoms with Crippen LogP contribution in [0.2, 0.25) is 0 Å². The Morgan fingerprint density at radius 1 is 1.40 bits per heavy atom. The number of hydrogen-bond donors (Lipinski definition) is 1. The minimum atomic E-state index is -2.89. The zero-order chi connectivity index (χ0) is 11.5. The maximum absolute atomic E-state index is 11.7. The average molecular weight is 233 g/mol. The molecule has 0 saturated carbocycles. The first kappa shape index (κ1) is 12.5. The summed E-state index contributed by atoms with van der Waals surface area (Å²) in [7, 11) is -2.89. The highest BCUT2D eigenvalue weighted by molar-refractivity contribution is 7.91. The molecule has 0 aromatic carbocycles. The first-order valence-corrected chi connectivity index (χ1v) is 7.31. The van der Waals surface area contributed by atoms with Crippen LogP contribution in [0.15, 0.2) is 0 Å². The Balaban J connectivity index is 2.46. The second kappa shape index (κ2) is 4.96. The molecule has 0 radical (unpaired) electrons. The number of rotatable bonds is 4. The zero-order valence-corrected chi connectivity index (χ0v) is 10.1. The third kappa shape index (κ3) is 3.48. The van der Waals surface area contributed by atoms with Gasteiger partial charge in [0.2, 0.25) is 5.91 Å². The molecular weight excluding hydrogens is 214 g/mol. The van der Waals surface area contributed by atoms with Gasteiger partial charge in [-0.25, -0.2) is 8.42 Å². The van der Waals surface area contributed by atoms with Gasteiger partial charge in [-0.1, -0.05) is 13.8 Å². The lowest BCUT2D eigenvalue weighted by Gasteiger charge is -2.16. The lowest BCUT2D eigenvalue weighted by atomic mass is 10.0. The fraction of sp³-hybridized carbons (Fsp3) is 0.900. The number of amides is 1. The predicted molar refractivity (Wildman–Crippen MR) is 59.3 cm³/mol. The van der Waals surface area contributed by atoms with E-state index in [9.17, 15) is 13.2 Å². The number of carbonyl (C=O) groups is 1. The Morgan fingerprint density at radius 2 is 2.00 bits per heavy atom. The summed E-state index contributed by atoms with van der Waals surface area (Å²) in [5, 5.41) is 2.82. The van der Waals surface area contributed by atoms with Gasteiger partial charge in [0.25, 0.3) is 0 Å². The molecule has 1 N–H and O–H groups in total. The van der Waals surface area contributed by atoms with E-state index in [2.05, 4.69) is 5.32 Å². The van der Waals surface area contributed by atoms with Gasteiger partial charge in [-0.15, -0.1) is 0 Å². The minimum absolute atomic E-state index is 0.00194. The molecule has 0 spiro atoms. The summed E-state index contributed by atoms with van der Waals surface area (Å²) >= 11 is 0. The minimum Gasteiger partial charge on any atom is -0.352 e. The van der Waals surface area contributed by atoms with E-state index >= 15 is 0 Å². The van der Waals surface area contributed by atoms with Crippen molar-refractivity contribution in [1.29, 1.82) is 0 Å². The molecule has 1 aliphatic rings. The molecule has 5 heteroatoms. The largest absolute Gasteiger partial charge is 0.352 e. The highest BCUT2D eigenvalue weighted by atomic mass is 32.2. The first-order chi connectivity index (χ1) is 6.98. The molecule has 1 aliphatic heterocycles. The Morgan fingerprint density at radius 3 is 2.40 bits per heavy atom. The Kier molecular flexibility index (Phi) is 4.13. The van der Waals surface area contributed by atoms with Gasteiger partial charge in [0, 0.05) is 12.0 Å². The van der Waals surface area contributed by atoms with Crippen molar-refractivity contribution in [2.45, 2.75) is 39.2 Å². The SMILES string of the molecule is CCC(CC)C(=O)NC1CCS(=O)(=O)C1. The highest BCUT2D eigenvalue weighted by Gasteiger charge is 2.29. The van der Waals surface area contributed by atoms with Crippen LogP contribution in [0.4, 0.5) is 0 Å². The van der Waals surface area contributed by atoms with Gasteiger partial charge in [-0.3, -0.25) is 4.79 Å². The summed E-state index contributed by atoms with van der Waals surface area (Å²) in [5.41, 5.74) is 0. The van der Waals surface area contributed by atoms with Gasteiger partial charge in [0.15, 0.2) is 9.84 Å². The van der Waals surface area contributed by atoms with Crippen LogP contribution in [-0.2, 0) is 14.6 Å². The van der Waals surface area contributed by atoms with E-state index in [4.69, 9.17) is 0 Å². The van der Waals surface area contributed by atoms with E-state index in [1.54, 1.807) is 0 Å². The van der Waals surface area contributed by atoms with Crippen molar-refractivity contribution in [2.24, 2.45) is 5.92 Å². The zero-order valence-electron chi connectivity index (χ0n) is 9.32. The average Bonchev–Trinajstić information content (AvgIpc) is 2.47. The number of carbonyl (C=O) groups excluding carboxylic acids is 1. The number of nitrogens with one attached hydrogen (secondary N) is 1. The Labute approximate surface area is 91.4 Å². The van der Waals surface area contributed by atoms with Crippen LogP contribution in [0.25, 0.3) is 0 Å². The van der Waals surface area contributed by atoms with Crippen LogP contribution in [-0.4, -0.2) is 31.9 Å². The van der Waals surface area contributed by atoms with Gasteiger partial charge in [-0.05, 0) is 19.3 Å². The molecule has 0 aromatic heterocycles. The van der Waals surface area contributed by atoms with E-state index in [0.29, 0.717) is 6.42 Å². The lowest BCUT2D eigenvalue weighted by molar-refractivity contribution is -0.125. The van der Waals surface area contributed by atoms with Crippen molar-refractivity contribution in [3.8, 4) is 0 Å². The van der Waals surface area contributed by atoms with Crippen molar-refractivity contribution in [3.63, 3.8) is 0 Å². The molecule has 4 nitrogen and oxygen atoms in total. The summed E-state index contributed by atoms with van der Waals surface area (Å²) in [6.45, 7) is 3.94. The van der Waals surface area contributed by atoms with E-state index in [1.165, 1.54) is 0 Å². The molecule has 1 heterocycles. The smallest absolute Gasteiger partial charge is 0.223 e. The predicted octanol–water partition coefficient (Wildman–Crippen LogP) is 0.726. The summed E-state index contributed by atoms with van der Waals surface area (Å²) in [6, 6.07) is -0.164. The quantitative estimate of drug-likeness (QED) is 0.778. The van der Waals surface area contributed by atoms with Crippen LogP contribution in [0.5, 0.6) is 0 Å². The summed E-state index contributed by atoms with van der Waals surface area (Å²) in [5.74, 6) is 0.343. The maximum atomic E-state index is 11.7. The first-order valence-electron chi connectivity index (χ1n) is 5.49. The third-order valence-corrected chi connectivity index (χ3v) is 4.70. The summed E-state index contributed by atoms with van der Waals surface area (Å²) in [4.78, 5) is 11.7. The Hall–Kier alpha value is -0.580. The highest BCUT2D eigenvalue weighted by Crippen LogP contribution is 2.13. The molecule has 1 amide bonds. The van der Waals surface area contributed by atoms with Crippen molar-refractivity contribution in [3.05, 3.63) is 0 Å². The van der Waals surface area contributed by atoms with Crippen LogP contribution in [0.3, 0.4) is 0 Å². The molecule has 0 bridgehead atoms. The molecule has 1 unspecified atom stereocenters. The normalized spacial score (nSPS) is 24.3. The maximum Gasteiger partial charge on any atom is 0.223 e. The van der Waals surface area contributed by atoms with Gasteiger partial charge in [0.1, 0.15) is 0 Å². The fourth-order valence-electron chi connectivity index (χ4n) is 1.89. The molecule has 1 fully saturated rings. The number of hydrogen-bond acceptors (Lipinski definition) is 3. The van der Waals surface area contributed by atoms with Crippen molar-refractivity contribution in [1.82, 2.24) is 5.32 Å². The molecule has 15 heavy (non-hydrogen) atoms. The molecule has 0 aromatic rings. The molecule has 1 atom stereocenters. The van der Waals surface area contributed by atoms with Crippen molar-refractivity contribution in [2.75, 3.05) is 11.5 Å². The van der Waals surface area contributed by atoms with Crippen LogP contribution in [0, 0.1) is 5.92 Å². The monoisotopic (exact) mass is 233 g/mol. The van der Waals surface area contributed by atoms with Crippen LogP contribution < -0.4 is 5.32 Å². The van der Waals surface area contributed by atoms with Gasteiger partial charge in [-0.2, -0.15) is 0 Å². The Bertz CT molecular complexity index is 320. The second-order valence-corrected chi connectivity index (χ2v) is 6.35. The molecule has 0 aliphatic carbocycles. The molecule has 1 saturated heterocycles. The van der Waals surface area contributed by atoms with Crippen molar-refractivity contribution >= 4 is 15.7 Å². The third-order valence-electron chi connectivity index (χ3n) is 2.94. The van der Waals surface area contributed by atoms with Gasteiger partial charge in [0.05, 0.1) is 11.5 Å². The number of sulfone groups is 1. The van der Waals surface area contributed by atoms with Gasteiger partial charge < -0.3 is 5.32 Å². The topological polar surface area (TPSA) is 63.2 Å². The standard InChI is InChI=1S/C10H19NO3S/c1-3-8(4-2)10(12)11-9-5-6-15(13,14)7-9/h8-9H,3-7H2,1-2H3,(H,11,12).